The number of carboxylic acids is 1. The molecule has 13 heteroatoms. The van der Waals surface area contributed by atoms with Crippen LogP contribution in [0.2, 0.25) is 0 Å². The van der Waals surface area contributed by atoms with Gasteiger partial charge in [0, 0.05) is 61.8 Å². The number of carbonyl (C=O) groups excluding carboxylic acids is 1. The Labute approximate surface area is 239 Å². The maximum absolute atomic E-state index is 12.7. The van der Waals surface area contributed by atoms with Crippen LogP contribution in [0, 0.1) is 0 Å². The highest BCUT2D eigenvalue weighted by Crippen LogP contribution is 2.32. The Kier molecular flexibility index (Phi) is 12.2. The second-order valence-electron chi connectivity index (χ2n) is 9.71. The Morgan fingerprint density at radius 2 is 1.44 bits per heavy atom. The number of fused-ring (bicyclic) bond motifs is 1. The molecule has 0 bridgehead atoms. The zero-order chi connectivity index (χ0) is 28.9. The van der Waals surface area contributed by atoms with Gasteiger partial charge < -0.3 is 39.0 Å². The third-order valence-electron chi connectivity index (χ3n) is 6.85. The molecule has 0 spiro atoms. The van der Waals surface area contributed by atoms with Gasteiger partial charge in [0.2, 0.25) is 5.95 Å². The van der Waals surface area contributed by atoms with E-state index >= 15 is 0 Å². The molecule has 0 aliphatic carbocycles. The van der Waals surface area contributed by atoms with Crippen molar-refractivity contribution < 1.29 is 38.7 Å². The molecule has 0 radical (unpaired) electrons. The molecule has 1 fully saturated rings. The first-order valence-corrected chi connectivity index (χ1v) is 13.9. The normalized spacial score (nSPS) is 17.3. The van der Waals surface area contributed by atoms with Crippen molar-refractivity contribution in [2.75, 3.05) is 90.5 Å². The summed E-state index contributed by atoms with van der Waals surface area (Å²) in [7, 11) is 0. The lowest BCUT2D eigenvalue weighted by Crippen LogP contribution is -2.48. The van der Waals surface area contributed by atoms with Crippen LogP contribution in [0.25, 0.3) is 0 Å². The molecule has 0 saturated carbocycles. The number of nitrogens with zero attached hydrogens (tertiary/aromatic N) is 5. The molecule has 2 N–H and O–H groups in total. The van der Waals surface area contributed by atoms with E-state index < -0.39 is 12.2 Å². The van der Waals surface area contributed by atoms with Crippen LogP contribution in [0.5, 0.6) is 0 Å². The maximum atomic E-state index is 12.7. The predicted molar refractivity (Wildman–Crippen MR) is 147 cm³/mol. The lowest BCUT2D eigenvalue weighted by Gasteiger charge is -2.34. The summed E-state index contributed by atoms with van der Waals surface area (Å²) in [5, 5.41) is 19.1. The Hall–Kier alpha value is -3.20. The van der Waals surface area contributed by atoms with Crippen LogP contribution in [-0.4, -0.2) is 127 Å². The van der Waals surface area contributed by atoms with E-state index in [1.165, 1.54) is 4.90 Å². The zero-order valence-electron chi connectivity index (χ0n) is 23.2. The SMILES string of the molecule is O=C(O)CCOCCOCCOCCOCCN1CCN(c2ncc(CN3C(=O)c4ccccc4C3O)cn2)CC1. The molecule has 1 amide bonds. The molecule has 1 aromatic carbocycles. The Morgan fingerprint density at radius 1 is 0.854 bits per heavy atom. The van der Waals surface area contributed by atoms with E-state index in [0.29, 0.717) is 63.3 Å². The molecule has 3 heterocycles. The largest absolute Gasteiger partial charge is 0.481 e. The summed E-state index contributed by atoms with van der Waals surface area (Å²) in [5.74, 6) is -0.403. The Balaban J connectivity index is 1.02. The third kappa shape index (κ3) is 9.42. The summed E-state index contributed by atoms with van der Waals surface area (Å²) in [5.41, 5.74) is 1.93. The molecule has 41 heavy (non-hydrogen) atoms. The van der Waals surface area contributed by atoms with E-state index in [2.05, 4.69) is 19.8 Å². The highest BCUT2D eigenvalue weighted by atomic mass is 16.6. The minimum absolute atomic E-state index is 0.00228. The van der Waals surface area contributed by atoms with Gasteiger partial charge in [0.15, 0.2) is 6.23 Å². The van der Waals surface area contributed by atoms with Gasteiger partial charge >= 0.3 is 5.97 Å². The van der Waals surface area contributed by atoms with Gasteiger partial charge in [-0.05, 0) is 6.07 Å². The quantitative estimate of drug-likeness (QED) is 0.243. The number of ether oxygens (including phenoxy) is 4. The van der Waals surface area contributed by atoms with Gasteiger partial charge in [-0.25, -0.2) is 9.97 Å². The van der Waals surface area contributed by atoms with Crippen molar-refractivity contribution in [3.05, 3.63) is 53.3 Å². The number of hydrogen-bond donors (Lipinski definition) is 2. The molecule has 1 unspecified atom stereocenters. The summed E-state index contributed by atoms with van der Waals surface area (Å²) >= 11 is 0. The predicted octanol–water partition coefficient (Wildman–Crippen LogP) is 0.787. The Bertz CT molecular complexity index is 1100. The molecule has 1 saturated heterocycles. The highest BCUT2D eigenvalue weighted by Gasteiger charge is 2.35. The maximum Gasteiger partial charge on any atom is 0.305 e. The Morgan fingerprint density at radius 3 is 2.05 bits per heavy atom. The van der Waals surface area contributed by atoms with Gasteiger partial charge in [0.1, 0.15) is 0 Å². The number of aliphatic hydroxyl groups is 1. The van der Waals surface area contributed by atoms with Crippen molar-refractivity contribution in [1.29, 1.82) is 0 Å². The van der Waals surface area contributed by atoms with Gasteiger partial charge in [-0.1, -0.05) is 18.2 Å². The minimum Gasteiger partial charge on any atom is -0.481 e. The number of aliphatic hydroxyl groups excluding tert-OH is 1. The lowest BCUT2D eigenvalue weighted by molar-refractivity contribution is -0.138. The summed E-state index contributed by atoms with van der Waals surface area (Å²) in [6.45, 7) is 8.01. The van der Waals surface area contributed by atoms with Gasteiger partial charge in [0.05, 0.1) is 65.8 Å². The average molecular weight is 574 g/mol. The second-order valence-corrected chi connectivity index (χ2v) is 9.71. The zero-order valence-corrected chi connectivity index (χ0v) is 23.2. The molecule has 4 rings (SSSR count). The average Bonchev–Trinajstić information content (AvgIpc) is 3.23. The molecular weight excluding hydrogens is 534 g/mol. The molecular formula is C28H39N5O8. The summed E-state index contributed by atoms with van der Waals surface area (Å²) in [4.78, 5) is 38.0. The van der Waals surface area contributed by atoms with Crippen LogP contribution in [0.4, 0.5) is 5.95 Å². The van der Waals surface area contributed by atoms with Crippen molar-refractivity contribution in [2.45, 2.75) is 19.2 Å². The van der Waals surface area contributed by atoms with Gasteiger partial charge in [-0.2, -0.15) is 0 Å². The third-order valence-corrected chi connectivity index (χ3v) is 6.85. The number of rotatable bonds is 18. The van der Waals surface area contributed by atoms with Gasteiger partial charge in [-0.15, -0.1) is 0 Å². The molecule has 2 aliphatic heterocycles. The first-order valence-electron chi connectivity index (χ1n) is 13.9. The van der Waals surface area contributed by atoms with E-state index in [4.69, 9.17) is 24.1 Å². The molecule has 2 aliphatic rings. The number of carboxylic acid groups (broad SMARTS) is 1. The van der Waals surface area contributed by atoms with E-state index in [-0.39, 0.29) is 25.5 Å². The molecule has 224 valence electrons. The van der Waals surface area contributed by atoms with Crippen LogP contribution in [0.3, 0.4) is 0 Å². The van der Waals surface area contributed by atoms with Crippen LogP contribution in [0.1, 0.15) is 34.1 Å². The van der Waals surface area contributed by atoms with Crippen LogP contribution in [0.15, 0.2) is 36.7 Å². The molecule has 2 aromatic rings. The minimum atomic E-state index is -0.960. The van der Waals surface area contributed by atoms with Crippen LogP contribution < -0.4 is 4.90 Å². The monoisotopic (exact) mass is 573 g/mol. The first-order chi connectivity index (χ1) is 20.0. The number of amides is 1. The lowest BCUT2D eigenvalue weighted by atomic mass is 10.1. The van der Waals surface area contributed by atoms with Crippen molar-refractivity contribution >= 4 is 17.8 Å². The molecule has 1 atom stereocenters. The molecule has 13 nitrogen and oxygen atoms in total. The highest BCUT2D eigenvalue weighted by molar-refractivity contribution is 5.98. The van der Waals surface area contributed by atoms with Crippen LogP contribution in [-0.2, 0) is 30.3 Å². The fourth-order valence-corrected chi connectivity index (χ4v) is 4.58. The van der Waals surface area contributed by atoms with Crippen LogP contribution >= 0.6 is 0 Å². The number of aromatic nitrogens is 2. The number of benzene rings is 1. The smallest absolute Gasteiger partial charge is 0.305 e. The van der Waals surface area contributed by atoms with E-state index in [1.54, 1.807) is 30.6 Å². The number of carbonyl (C=O) groups is 2. The van der Waals surface area contributed by atoms with Crippen molar-refractivity contribution in [3.8, 4) is 0 Å². The number of piperazine rings is 1. The van der Waals surface area contributed by atoms with Gasteiger partial charge in [0.25, 0.3) is 5.91 Å². The number of hydrogen-bond acceptors (Lipinski definition) is 11. The fraction of sp³-hybridized carbons (Fsp3) is 0.571. The van der Waals surface area contributed by atoms with Gasteiger partial charge in [-0.3, -0.25) is 14.5 Å². The number of aliphatic carboxylic acids is 1. The van der Waals surface area contributed by atoms with Crippen molar-refractivity contribution in [1.82, 2.24) is 19.8 Å². The van der Waals surface area contributed by atoms with E-state index in [9.17, 15) is 14.7 Å². The summed E-state index contributed by atoms with van der Waals surface area (Å²) in [6.07, 6.45) is 2.48. The van der Waals surface area contributed by atoms with Crippen molar-refractivity contribution in [2.24, 2.45) is 0 Å². The second kappa shape index (κ2) is 16.3. The summed E-state index contributed by atoms with van der Waals surface area (Å²) < 4.78 is 21.7. The first kappa shape index (κ1) is 30.8. The fourth-order valence-electron chi connectivity index (χ4n) is 4.58. The van der Waals surface area contributed by atoms with E-state index in [1.807, 2.05) is 6.07 Å². The standard InChI is InChI=1S/C28H39N5O8/c34-25(35)5-11-38-13-15-40-17-18-41-16-14-39-12-10-31-6-8-32(9-7-31)28-29-19-22(20-30-28)21-33-26(36)23-3-1-2-4-24(23)27(33)37/h1-4,19-20,26,36H,5-18,21H2,(H,34,35). The van der Waals surface area contributed by atoms with E-state index in [0.717, 1.165) is 38.3 Å². The number of anilines is 1. The van der Waals surface area contributed by atoms with Crippen molar-refractivity contribution in [3.63, 3.8) is 0 Å². The molecule has 1 aromatic heterocycles. The topological polar surface area (TPSA) is 147 Å². The summed E-state index contributed by atoms with van der Waals surface area (Å²) in [6, 6.07) is 7.11.